The van der Waals surface area contributed by atoms with Crippen LogP contribution in [-0.2, 0) is 15.1 Å². The van der Waals surface area contributed by atoms with Gasteiger partial charge < -0.3 is 10.1 Å². The number of hydrogen-bond donors (Lipinski definition) is 1. The Bertz CT molecular complexity index is 448. The van der Waals surface area contributed by atoms with E-state index < -0.39 is 5.60 Å². The average Bonchev–Trinajstić information content (AvgIpc) is 2.42. The molecule has 0 bridgehead atoms. The molecule has 104 valence electrons. The summed E-state index contributed by atoms with van der Waals surface area (Å²) in [6, 6.07) is 7.46. The lowest BCUT2D eigenvalue weighted by Crippen LogP contribution is -2.40. The summed E-state index contributed by atoms with van der Waals surface area (Å²) in [6.45, 7) is 5.92. The van der Waals surface area contributed by atoms with E-state index in [0.717, 1.165) is 5.56 Å². The summed E-state index contributed by atoms with van der Waals surface area (Å²) in [7, 11) is 1.62. The number of rotatable bonds is 7. The number of nitrogens with one attached hydrogen (secondary N) is 1. The lowest BCUT2D eigenvalue weighted by molar-refractivity contribution is -0.122. The fraction of sp³-hybridized carbons (Fsp3) is 0.400. The SMILES string of the molecule is C=CCCC(=O)NCC(C)(OC)c1cccc(Cl)c1. The van der Waals surface area contributed by atoms with Gasteiger partial charge in [-0.25, -0.2) is 0 Å². The molecule has 0 aromatic heterocycles. The van der Waals surface area contributed by atoms with E-state index in [2.05, 4.69) is 11.9 Å². The highest BCUT2D eigenvalue weighted by atomic mass is 35.5. The summed E-state index contributed by atoms with van der Waals surface area (Å²) in [5, 5.41) is 3.52. The first-order valence-electron chi connectivity index (χ1n) is 6.20. The van der Waals surface area contributed by atoms with Crippen LogP contribution in [0.5, 0.6) is 0 Å². The van der Waals surface area contributed by atoms with E-state index in [1.54, 1.807) is 13.2 Å². The minimum Gasteiger partial charge on any atom is -0.372 e. The van der Waals surface area contributed by atoms with Crippen LogP contribution in [0.15, 0.2) is 36.9 Å². The molecule has 1 amide bonds. The van der Waals surface area contributed by atoms with Gasteiger partial charge in [-0.3, -0.25) is 4.79 Å². The van der Waals surface area contributed by atoms with Crippen molar-refractivity contribution in [1.29, 1.82) is 0 Å². The second-order valence-corrected chi connectivity index (χ2v) is 4.99. The molecule has 1 rings (SSSR count). The Morgan fingerprint density at radius 1 is 1.58 bits per heavy atom. The molecule has 3 nitrogen and oxygen atoms in total. The third-order valence-corrected chi connectivity index (χ3v) is 3.32. The summed E-state index contributed by atoms with van der Waals surface area (Å²) in [5.41, 5.74) is 0.348. The molecular formula is C15H20ClNO2. The van der Waals surface area contributed by atoms with Gasteiger partial charge in [-0.15, -0.1) is 6.58 Å². The number of allylic oxidation sites excluding steroid dienone is 1. The summed E-state index contributed by atoms with van der Waals surface area (Å²) in [5.74, 6) is -0.00907. The largest absolute Gasteiger partial charge is 0.372 e. The zero-order valence-electron chi connectivity index (χ0n) is 11.4. The predicted molar refractivity (Wildman–Crippen MR) is 78.3 cm³/mol. The van der Waals surface area contributed by atoms with Crippen LogP contribution in [0.3, 0.4) is 0 Å². The highest BCUT2D eigenvalue weighted by Gasteiger charge is 2.26. The Hall–Kier alpha value is -1.32. The summed E-state index contributed by atoms with van der Waals surface area (Å²) in [6.07, 6.45) is 2.84. The molecule has 0 saturated heterocycles. The van der Waals surface area contributed by atoms with Crippen molar-refractivity contribution < 1.29 is 9.53 Å². The van der Waals surface area contributed by atoms with Crippen molar-refractivity contribution in [1.82, 2.24) is 5.32 Å². The number of carbonyl (C=O) groups is 1. The minimum atomic E-state index is -0.589. The highest BCUT2D eigenvalue weighted by molar-refractivity contribution is 6.30. The van der Waals surface area contributed by atoms with Crippen molar-refractivity contribution in [2.75, 3.05) is 13.7 Å². The number of carbonyl (C=O) groups excluding carboxylic acids is 1. The number of amides is 1. The van der Waals surface area contributed by atoms with Crippen LogP contribution in [0.2, 0.25) is 5.02 Å². The van der Waals surface area contributed by atoms with Gasteiger partial charge in [0.15, 0.2) is 0 Å². The first-order chi connectivity index (χ1) is 9.01. The van der Waals surface area contributed by atoms with E-state index in [4.69, 9.17) is 16.3 Å². The van der Waals surface area contributed by atoms with Gasteiger partial charge in [0.1, 0.15) is 5.60 Å². The van der Waals surface area contributed by atoms with Gasteiger partial charge in [-0.2, -0.15) is 0 Å². The van der Waals surface area contributed by atoms with E-state index in [1.165, 1.54) is 0 Å². The smallest absolute Gasteiger partial charge is 0.220 e. The molecule has 19 heavy (non-hydrogen) atoms. The summed E-state index contributed by atoms with van der Waals surface area (Å²) < 4.78 is 5.54. The van der Waals surface area contributed by atoms with Gasteiger partial charge >= 0.3 is 0 Å². The maximum Gasteiger partial charge on any atom is 0.220 e. The topological polar surface area (TPSA) is 38.3 Å². The van der Waals surface area contributed by atoms with Crippen LogP contribution in [-0.4, -0.2) is 19.6 Å². The van der Waals surface area contributed by atoms with Crippen LogP contribution < -0.4 is 5.32 Å². The molecule has 0 heterocycles. The Balaban J connectivity index is 2.70. The average molecular weight is 282 g/mol. The molecule has 1 atom stereocenters. The van der Waals surface area contributed by atoms with E-state index >= 15 is 0 Å². The maximum atomic E-state index is 11.6. The zero-order chi connectivity index (χ0) is 14.3. The van der Waals surface area contributed by atoms with Crippen LogP contribution in [0, 0.1) is 0 Å². The molecular weight excluding hydrogens is 262 g/mol. The Kier molecular flexibility index (Phi) is 6.06. The number of ether oxygens (including phenoxy) is 1. The van der Waals surface area contributed by atoms with Crippen molar-refractivity contribution >= 4 is 17.5 Å². The normalized spacial score (nSPS) is 13.6. The highest BCUT2D eigenvalue weighted by Crippen LogP contribution is 2.26. The Morgan fingerprint density at radius 2 is 2.32 bits per heavy atom. The number of halogens is 1. The fourth-order valence-corrected chi connectivity index (χ4v) is 1.89. The fourth-order valence-electron chi connectivity index (χ4n) is 1.70. The molecule has 1 aromatic rings. The van der Waals surface area contributed by atoms with E-state index in [0.29, 0.717) is 24.4 Å². The molecule has 0 spiro atoms. The molecule has 0 aliphatic rings. The van der Waals surface area contributed by atoms with Crippen molar-refractivity contribution in [3.63, 3.8) is 0 Å². The van der Waals surface area contributed by atoms with Crippen LogP contribution in [0.4, 0.5) is 0 Å². The second kappa shape index (κ2) is 7.31. The van der Waals surface area contributed by atoms with Gasteiger partial charge in [-0.05, 0) is 31.0 Å². The van der Waals surface area contributed by atoms with Crippen molar-refractivity contribution in [3.05, 3.63) is 47.5 Å². The Labute approximate surface area is 119 Å². The van der Waals surface area contributed by atoms with Crippen LogP contribution >= 0.6 is 11.6 Å². The van der Waals surface area contributed by atoms with Gasteiger partial charge in [0.25, 0.3) is 0 Å². The predicted octanol–water partition coefficient (Wildman–Crippen LogP) is 3.28. The molecule has 0 fully saturated rings. The third-order valence-electron chi connectivity index (χ3n) is 3.08. The molecule has 1 N–H and O–H groups in total. The molecule has 4 heteroatoms. The van der Waals surface area contributed by atoms with Gasteiger partial charge in [0.2, 0.25) is 5.91 Å². The van der Waals surface area contributed by atoms with Crippen LogP contribution in [0.1, 0.15) is 25.3 Å². The van der Waals surface area contributed by atoms with E-state index in [-0.39, 0.29) is 5.91 Å². The second-order valence-electron chi connectivity index (χ2n) is 4.55. The van der Waals surface area contributed by atoms with Gasteiger partial charge in [0, 0.05) is 18.6 Å². The standard InChI is InChI=1S/C15H20ClNO2/c1-4-5-9-14(18)17-11-15(2,19-3)12-7-6-8-13(16)10-12/h4,6-8,10H,1,5,9,11H2,2-3H3,(H,17,18). The lowest BCUT2D eigenvalue weighted by atomic mass is 9.95. The number of hydrogen-bond acceptors (Lipinski definition) is 2. The third kappa shape index (κ3) is 4.69. The van der Waals surface area contributed by atoms with Gasteiger partial charge in [0.05, 0.1) is 6.54 Å². The van der Waals surface area contributed by atoms with Crippen LogP contribution in [0.25, 0.3) is 0 Å². The quantitative estimate of drug-likeness (QED) is 0.779. The van der Waals surface area contributed by atoms with Crippen molar-refractivity contribution in [2.24, 2.45) is 0 Å². The minimum absolute atomic E-state index is 0.00907. The first-order valence-corrected chi connectivity index (χ1v) is 6.58. The zero-order valence-corrected chi connectivity index (χ0v) is 12.2. The monoisotopic (exact) mass is 281 g/mol. The molecule has 0 aliphatic heterocycles. The molecule has 0 saturated carbocycles. The summed E-state index contributed by atoms with van der Waals surface area (Å²) >= 11 is 5.99. The Morgan fingerprint density at radius 3 is 2.89 bits per heavy atom. The van der Waals surface area contributed by atoms with Gasteiger partial charge in [-0.1, -0.05) is 29.8 Å². The number of benzene rings is 1. The summed E-state index contributed by atoms with van der Waals surface area (Å²) in [4.78, 5) is 11.6. The van der Waals surface area contributed by atoms with Crippen molar-refractivity contribution in [3.8, 4) is 0 Å². The molecule has 0 aliphatic carbocycles. The lowest BCUT2D eigenvalue weighted by Gasteiger charge is -2.29. The van der Waals surface area contributed by atoms with E-state index in [1.807, 2.05) is 31.2 Å². The molecule has 0 radical (unpaired) electrons. The van der Waals surface area contributed by atoms with E-state index in [9.17, 15) is 4.79 Å². The molecule has 1 unspecified atom stereocenters. The maximum absolute atomic E-state index is 11.6. The van der Waals surface area contributed by atoms with Crippen molar-refractivity contribution in [2.45, 2.75) is 25.4 Å². The molecule has 1 aromatic carbocycles. The number of methoxy groups -OCH3 is 1. The first kappa shape index (κ1) is 15.7.